The van der Waals surface area contributed by atoms with Crippen LogP contribution in [0.3, 0.4) is 0 Å². The Labute approximate surface area is 213 Å². The molecule has 1 nitrogen and oxygen atoms in total. The van der Waals surface area contributed by atoms with Crippen LogP contribution in [0, 0.1) is 0 Å². The molecule has 0 aliphatic carbocycles. The van der Waals surface area contributed by atoms with Crippen LogP contribution in [0.1, 0.15) is 118 Å². The van der Waals surface area contributed by atoms with Crippen molar-refractivity contribution in [3.05, 3.63) is 70.8 Å². The van der Waals surface area contributed by atoms with Crippen molar-refractivity contribution >= 4 is 23.6 Å². The lowest BCUT2D eigenvalue weighted by molar-refractivity contribution is 0.104. The van der Waals surface area contributed by atoms with Crippen LogP contribution in [0.15, 0.2) is 53.4 Å². The highest BCUT2D eigenvalue weighted by Gasteiger charge is 2.05. The van der Waals surface area contributed by atoms with Gasteiger partial charge in [-0.15, -0.1) is 11.8 Å². The second-order valence-electron chi connectivity index (χ2n) is 9.40. The third-order valence-electron chi connectivity index (χ3n) is 6.48. The molecule has 2 aromatic rings. The second-order valence-corrected chi connectivity index (χ2v) is 10.6. The minimum absolute atomic E-state index is 0.0833. The van der Waals surface area contributed by atoms with E-state index in [2.05, 4.69) is 51.1 Å². The molecule has 0 N–H and O–H groups in total. The number of carbonyl (C=O) groups is 1. The molecule has 0 heterocycles. The van der Waals surface area contributed by atoms with Crippen molar-refractivity contribution in [2.45, 2.75) is 109 Å². The van der Waals surface area contributed by atoms with Gasteiger partial charge >= 0.3 is 0 Å². The van der Waals surface area contributed by atoms with Crippen molar-refractivity contribution in [3.63, 3.8) is 0 Å². The molecule has 2 heteroatoms. The zero-order chi connectivity index (χ0) is 24.4. The van der Waals surface area contributed by atoms with Gasteiger partial charge in [-0.25, -0.2) is 0 Å². The molecule has 34 heavy (non-hydrogen) atoms. The first kappa shape index (κ1) is 28.4. The smallest absolute Gasteiger partial charge is 0.185 e. The first-order valence-corrected chi connectivity index (χ1v) is 14.7. The highest BCUT2D eigenvalue weighted by molar-refractivity contribution is 7.99. The first-order chi connectivity index (χ1) is 16.7. The summed E-state index contributed by atoms with van der Waals surface area (Å²) in [7, 11) is 0. The van der Waals surface area contributed by atoms with Gasteiger partial charge in [0.1, 0.15) is 0 Å². The van der Waals surface area contributed by atoms with Crippen LogP contribution >= 0.6 is 11.8 Å². The van der Waals surface area contributed by atoms with E-state index in [1.54, 1.807) is 6.08 Å². The molecule has 0 amide bonds. The van der Waals surface area contributed by atoms with E-state index in [1.165, 1.54) is 92.4 Å². The molecular weight excluding hydrogens is 432 g/mol. The molecule has 0 spiro atoms. The number of aryl methyl sites for hydroxylation is 2. The van der Waals surface area contributed by atoms with E-state index in [9.17, 15) is 4.79 Å². The first-order valence-electron chi connectivity index (χ1n) is 13.7. The number of benzene rings is 2. The quantitative estimate of drug-likeness (QED) is 0.0917. The molecule has 0 unspecified atom stereocenters. The lowest BCUT2D eigenvalue weighted by Gasteiger charge is -2.05. The highest BCUT2D eigenvalue weighted by Crippen LogP contribution is 2.21. The maximum atomic E-state index is 12.7. The van der Waals surface area contributed by atoms with Gasteiger partial charge in [-0.2, -0.15) is 0 Å². The number of allylic oxidation sites excluding steroid dienone is 1. The average Bonchev–Trinajstić information content (AvgIpc) is 2.88. The largest absolute Gasteiger partial charge is 0.289 e. The summed E-state index contributed by atoms with van der Waals surface area (Å²) in [5.41, 5.74) is 4.34. The second kappa shape index (κ2) is 17.6. The Bertz CT molecular complexity index is 828. The zero-order valence-corrected chi connectivity index (χ0v) is 22.7. The molecule has 0 fully saturated rings. The van der Waals surface area contributed by atoms with Crippen molar-refractivity contribution in [3.8, 4) is 0 Å². The number of carbonyl (C=O) groups excluding carboxylic acids is 1. The van der Waals surface area contributed by atoms with E-state index in [0.717, 1.165) is 24.0 Å². The Morgan fingerprint density at radius 1 is 0.706 bits per heavy atom. The number of unbranched alkanes of at least 4 members (excludes halogenated alkanes) is 10. The van der Waals surface area contributed by atoms with Crippen molar-refractivity contribution in [1.82, 2.24) is 0 Å². The average molecular weight is 479 g/mol. The van der Waals surface area contributed by atoms with Crippen molar-refractivity contribution in [2.24, 2.45) is 0 Å². The lowest BCUT2D eigenvalue weighted by atomic mass is 9.99. The number of hydrogen-bond donors (Lipinski definition) is 0. The third-order valence-corrected chi connectivity index (χ3v) is 7.58. The Morgan fingerprint density at radius 2 is 1.24 bits per heavy atom. The summed E-state index contributed by atoms with van der Waals surface area (Å²) in [5.74, 6) is 1.28. The van der Waals surface area contributed by atoms with Crippen LogP contribution in [-0.4, -0.2) is 11.5 Å². The summed E-state index contributed by atoms with van der Waals surface area (Å²) < 4.78 is 0. The molecule has 0 atom stereocenters. The maximum Gasteiger partial charge on any atom is 0.185 e. The van der Waals surface area contributed by atoms with Gasteiger partial charge in [0.25, 0.3) is 0 Å². The molecule has 186 valence electrons. The predicted molar refractivity (Wildman–Crippen MR) is 152 cm³/mol. The van der Waals surface area contributed by atoms with Crippen LogP contribution < -0.4 is 0 Å². The van der Waals surface area contributed by atoms with Crippen LogP contribution in [0.25, 0.3) is 6.08 Å². The summed E-state index contributed by atoms with van der Waals surface area (Å²) in [6.45, 7) is 6.55. The van der Waals surface area contributed by atoms with Crippen molar-refractivity contribution < 1.29 is 4.79 Å². The standard InChI is InChI=1S/C32H46OS/c1-4-7-8-9-10-11-12-13-14-15-16-23-34-31-20-17-29(18-21-31)19-22-32(33)30-25-27(5-2)24-28(6-3)26-30/h17-22,24-26H,4-16,23H2,1-3H3. The molecule has 0 aliphatic heterocycles. The molecule has 0 bridgehead atoms. The Morgan fingerprint density at radius 3 is 1.76 bits per heavy atom. The fourth-order valence-electron chi connectivity index (χ4n) is 4.21. The van der Waals surface area contributed by atoms with Gasteiger partial charge in [0.2, 0.25) is 0 Å². The SMILES string of the molecule is CCCCCCCCCCCCCSc1ccc(C=CC(=O)c2cc(CC)cc(CC)c2)cc1. The number of ketones is 1. The Hall–Kier alpha value is -1.80. The molecule has 0 aliphatic rings. The van der Waals surface area contributed by atoms with Gasteiger partial charge in [-0.3, -0.25) is 4.79 Å². The lowest BCUT2D eigenvalue weighted by Crippen LogP contribution is -1.98. The topological polar surface area (TPSA) is 17.1 Å². The van der Waals surface area contributed by atoms with Gasteiger partial charge in [0.05, 0.1) is 0 Å². The number of rotatable bonds is 18. The highest BCUT2D eigenvalue weighted by atomic mass is 32.2. The van der Waals surface area contributed by atoms with E-state index in [4.69, 9.17) is 0 Å². The van der Waals surface area contributed by atoms with E-state index in [1.807, 2.05) is 30.0 Å². The predicted octanol–water partition coefficient (Wildman–Crippen LogP) is 10.1. The van der Waals surface area contributed by atoms with Crippen LogP contribution in [0.4, 0.5) is 0 Å². The van der Waals surface area contributed by atoms with E-state index >= 15 is 0 Å². The summed E-state index contributed by atoms with van der Waals surface area (Å²) in [6.07, 6.45) is 20.9. The molecular formula is C32H46OS. The normalized spacial score (nSPS) is 11.4. The Kier molecular flexibility index (Phi) is 14.7. The maximum absolute atomic E-state index is 12.7. The van der Waals surface area contributed by atoms with E-state index < -0.39 is 0 Å². The molecule has 0 saturated heterocycles. The fourth-order valence-corrected chi connectivity index (χ4v) is 5.13. The van der Waals surface area contributed by atoms with E-state index in [0.29, 0.717) is 0 Å². The number of hydrogen-bond acceptors (Lipinski definition) is 2. The van der Waals surface area contributed by atoms with Crippen molar-refractivity contribution in [2.75, 3.05) is 5.75 Å². The minimum Gasteiger partial charge on any atom is -0.289 e. The third kappa shape index (κ3) is 11.6. The fraction of sp³-hybridized carbons (Fsp3) is 0.531. The molecule has 2 rings (SSSR count). The zero-order valence-electron chi connectivity index (χ0n) is 21.9. The van der Waals surface area contributed by atoms with Crippen LogP contribution in [0.5, 0.6) is 0 Å². The molecule has 0 radical (unpaired) electrons. The van der Waals surface area contributed by atoms with Crippen LogP contribution in [0.2, 0.25) is 0 Å². The summed E-state index contributed by atoms with van der Waals surface area (Å²) in [5, 5.41) is 0. The molecule has 0 saturated carbocycles. The van der Waals surface area contributed by atoms with Gasteiger partial charge in [0, 0.05) is 10.5 Å². The van der Waals surface area contributed by atoms with Gasteiger partial charge in [0.15, 0.2) is 5.78 Å². The summed E-state index contributed by atoms with van der Waals surface area (Å²) in [6, 6.07) is 14.9. The summed E-state index contributed by atoms with van der Waals surface area (Å²) in [4.78, 5) is 14.0. The molecule has 0 aromatic heterocycles. The van der Waals surface area contributed by atoms with Crippen LogP contribution in [-0.2, 0) is 12.8 Å². The van der Waals surface area contributed by atoms with E-state index in [-0.39, 0.29) is 5.78 Å². The van der Waals surface area contributed by atoms with Gasteiger partial charge < -0.3 is 0 Å². The van der Waals surface area contributed by atoms with Gasteiger partial charge in [-0.05, 0) is 72.0 Å². The summed E-state index contributed by atoms with van der Waals surface area (Å²) >= 11 is 1.95. The minimum atomic E-state index is 0.0833. The van der Waals surface area contributed by atoms with Crippen molar-refractivity contribution in [1.29, 1.82) is 0 Å². The molecule has 2 aromatic carbocycles. The number of thioether (sulfide) groups is 1. The monoisotopic (exact) mass is 478 g/mol. The van der Waals surface area contributed by atoms with Gasteiger partial charge in [-0.1, -0.05) is 109 Å². The Balaban J connectivity index is 1.64.